The molecule has 0 aliphatic carbocycles. The van der Waals surface area contributed by atoms with Gasteiger partial charge >= 0.3 is 0 Å². The third kappa shape index (κ3) is 3.17. The summed E-state index contributed by atoms with van der Waals surface area (Å²) in [7, 11) is 0. The average molecular weight is 248 g/mol. The molecule has 0 saturated carbocycles. The molecule has 6 heteroatoms. The molecule has 0 spiro atoms. The number of piperazine rings is 1. The van der Waals surface area contributed by atoms with Crippen molar-refractivity contribution in [1.29, 1.82) is 0 Å². The van der Waals surface area contributed by atoms with Gasteiger partial charge in [-0.1, -0.05) is 0 Å². The normalized spacial score (nSPS) is 22.4. The van der Waals surface area contributed by atoms with E-state index in [1.807, 2.05) is 0 Å². The topological polar surface area (TPSA) is 52.7 Å². The van der Waals surface area contributed by atoms with E-state index in [4.69, 9.17) is 0 Å². The van der Waals surface area contributed by atoms with E-state index in [1.54, 1.807) is 0 Å². The van der Waals surface area contributed by atoms with Crippen molar-refractivity contribution in [3.05, 3.63) is 0 Å². The third-order valence-corrected chi connectivity index (χ3v) is 3.00. The van der Waals surface area contributed by atoms with E-state index in [9.17, 15) is 9.59 Å². The maximum atomic E-state index is 11.3. The van der Waals surface area contributed by atoms with Gasteiger partial charge in [-0.15, -0.1) is 12.4 Å². The molecular formula is C10H18ClN3O2. The van der Waals surface area contributed by atoms with Crippen LogP contribution < -0.4 is 5.32 Å². The van der Waals surface area contributed by atoms with Gasteiger partial charge in [-0.05, 0) is 0 Å². The van der Waals surface area contributed by atoms with Crippen molar-refractivity contribution in [2.45, 2.75) is 12.8 Å². The Morgan fingerprint density at radius 2 is 1.56 bits per heavy atom. The smallest absolute Gasteiger partial charge is 0.229 e. The van der Waals surface area contributed by atoms with Crippen molar-refractivity contribution in [2.75, 3.05) is 39.3 Å². The van der Waals surface area contributed by atoms with Crippen LogP contribution in [0.3, 0.4) is 0 Å². The van der Waals surface area contributed by atoms with E-state index < -0.39 is 0 Å². The maximum absolute atomic E-state index is 11.3. The Morgan fingerprint density at radius 3 is 2.12 bits per heavy atom. The molecule has 2 aliphatic rings. The lowest BCUT2D eigenvalue weighted by Gasteiger charge is -2.28. The molecule has 2 fully saturated rings. The molecule has 2 rings (SSSR count). The number of halogens is 1. The monoisotopic (exact) mass is 247 g/mol. The van der Waals surface area contributed by atoms with Gasteiger partial charge in [0.05, 0.1) is 0 Å². The number of nitrogens with zero attached hydrogens (tertiary/aromatic N) is 2. The highest BCUT2D eigenvalue weighted by atomic mass is 35.5. The largest absolute Gasteiger partial charge is 0.314 e. The van der Waals surface area contributed by atoms with E-state index in [0.29, 0.717) is 19.4 Å². The fourth-order valence-corrected chi connectivity index (χ4v) is 2.05. The lowest BCUT2D eigenvalue weighted by molar-refractivity contribution is -0.138. The molecule has 0 aromatic rings. The van der Waals surface area contributed by atoms with E-state index in [2.05, 4.69) is 10.2 Å². The van der Waals surface area contributed by atoms with Crippen molar-refractivity contribution in [1.82, 2.24) is 15.1 Å². The predicted molar refractivity (Wildman–Crippen MR) is 62.5 cm³/mol. The Labute approximate surface area is 102 Å². The molecule has 0 radical (unpaired) electrons. The lowest BCUT2D eigenvalue weighted by atomic mass is 10.3. The minimum absolute atomic E-state index is 0. The van der Waals surface area contributed by atoms with Crippen LogP contribution in [0.15, 0.2) is 0 Å². The van der Waals surface area contributed by atoms with E-state index in [0.717, 1.165) is 32.7 Å². The van der Waals surface area contributed by atoms with Gasteiger partial charge < -0.3 is 5.32 Å². The zero-order valence-corrected chi connectivity index (χ0v) is 10.1. The molecule has 5 nitrogen and oxygen atoms in total. The molecule has 1 N–H and O–H groups in total. The first-order valence-electron chi connectivity index (χ1n) is 5.53. The van der Waals surface area contributed by atoms with Crippen LogP contribution in [0, 0.1) is 0 Å². The average Bonchev–Trinajstić information content (AvgIpc) is 2.58. The SMILES string of the molecule is Cl.O=C1CCC(=O)N1CCN1CCNCC1. The van der Waals surface area contributed by atoms with Crippen LogP contribution in [0.25, 0.3) is 0 Å². The zero-order chi connectivity index (χ0) is 10.7. The van der Waals surface area contributed by atoms with Crippen LogP contribution >= 0.6 is 12.4 Å². The molecule has 2 aliphatic heterocycles. The zero-order valence-electron chi connectivity index (χ0n) is 9.28. The summed E-state index contributed by atoms with van der Waals surface area (Å²) in [6.45, 7) is 5.41. The summed E-state index contributed by atoms with van der Waals surface area (Å²) in [5.74, 6) is -0.00901. The summed E-state index contributed by atoms with van der Waals surface area (Å²) in [6, 6.07) is 0. The van der Waals surface area contributed by atoms with Crippen LogP contribution in [0.5, 0.6) is 0 Å². The second kappa shape index (κ2) is 6.18. The molecule has 0 aromatic carbocycles. The highest BCUT2D eigenvalue weighted by molar-refractivity contribution is 6.01. The van der Waals surface area contributed by atoms with Gasteiger partial charge in [-0.25, -0.2) is 0 Å². The Bertz CT molecular complexity index is 251. The number of carbonyl (C=O) groups is 2. The van der Waals surface area contributed by atoms with E-state index in [1.165, 1.54) is 4.90 Å². The van der Waals surface area contributed by atoms with Crippen LogP contribution in [-0.4, -0.2) is 60.9 Å². The number of hydrogen-bond acceptors (Lipinski definition) is 4. The van der Waals surface area contributed by atoms with E-state index >= 15 is 0 Å². The van der Waals surface area contributed by atoms with Crippen molar-refractivity contribution in [2.24, 2.45) is 0 Å². The molecule has 2 amide bonds. The lowest BCUT2D eigenvalue weighted by Crippen LogP contribution is -2.46. The molecule has 0 atom stereocenters. The number of likely N-dealkylation sites (tertiary alicyclic amines) is 1. The summed E-state index contributed by atoms with van der Waals surface area (Å²) in [5.41, 5.74) is 0. The molecule has 92 valence electrons. The van der Waals surface area contributed by atoms with Gasteiger partial charge in [0.25, 0.3) is 0 Å². The second-order valence-corrected chi connectivity index (χ2v) is 4.03. The first-order valence-corrected chi connectivity index (χ1v) is 5.53. The van der Waals surface area contributed by atoms with Crippen molar-refractivity contribution < 1.29 is 9.59 Å². The number of imide groups is 1. The Balaban J connectivity index is 0.00000128. The van der Waals surface area contributed by atoms with E-state index in [-0.39, 0.29) is 24.2 Å². The minimum atomic E-state index is -0.00451. The van der Waals surface area contributed by atoms with Gasteiger partial charge in [0.1, 0.15) is 0 Å². The fraction of sp³-hybridized carbons (Fsp3) is 0.800. The fourth-order valence-electron chi connectivity index (χ4n) is 2.05. The van der Waals surface area contributed by atoms with Crippen LogP contribution in [0.4, 0.5) is 0 Å². The number of nitrogens with one attached hydrogen (secondary N) is 1. The van der Waals surface area contributed by atoms with Crippen LogP contribution in [0.1, 0.15) is 12.8 Å². The molecule has 0 aromatic heterocycles. The quantitative estimate of drug-likeness (QED) is 0.681. The Kier molecular flexibility index (Phi) is 5.18. The molecule has 16 heavy (non-hydrogen) atoms. The van der Waals surface area contributed by atoms with Gasteiger partial charge in [0.2, 0.25) is 11.8 Å². The van der Waals surface area contributed by atoms with Gasteiger partial charge in [-0.2, -0.15) is 0 Å². The van der Waals surface area contributed by atoms with Gasteiger partial charge in [-0.3, -0.25) is 19.4 Å². The highest BCUT2D eigenvalue weighted by Crippen LogP contribution is 2.11. The highest BCUT2D eigenvalue weighted by Gasteiger charge is 2.28. The van der Waals surface area contributed by atoms with Gasteiger partial charge in [0, 0.05) is 52.1 Å². The standard InChI is InChI=1S/C10H17N3O2.ClH/c14-9-1-2-10(15)13(9)8-7-12-5-3-11-4-6-12;/h11H,1-8H2;1H. The molecule has 0 unspecified atom stereocenters. The molecule has 0 bridgehead atoms. The summed E-state index contributed by atoms with van der Waals surface area (Å²) in [5, 5.41) is 3.27. The maximum Gasteiger partial charge on any atom is 0.229 e. The second-order valence-electron chi connectivity index (χ2n) is 4.03. The molecule has 2 heterocycles. The first kappa shape index (κ1) is 13.4. The third-order valence-electron chi connectivity index (χ3n) is 3.00. The van der Waals surface area contributed by atoms with Crippen molar-refractivity contribution in [3.63, 3.8) is 0 Å². The summed E-state index contributed by atoms with van der Waals surface area (Å²) in [6.07, 6.45) is 0.806. The number of rotatable bonds is 3. The number of carbonyl (C=O) groups excluding carboxylic acids is 2. The van der Waals surface area contributed by atoms with Crippen molar-refractivity contribution >= 4 is 24.2 Å². The van der Waals surface area contributed by atoms with Crippen LogP contribution in [0.2, 0.25) is 0 Å². The minimum Gasteiger partial charge on any atom is -0.314 e. The summed E-state index contributed by atoms with van der Waals surface area (Å²) in [4.78, 5) is 26.4. The first-order chi connectivity index (χ1) is 7.27. The van der Waals surface area contributed by atoms with Crippen LogP contribution in [-0.2, 0) is 9.59 Å². The Hall–Kier alpha value is -0.650. The molecular weight excluding hydrogens is 230 g/mol. The van der Waals surface area contributed by atoms with Crippen molar-refractivity contribution in [3.8, 4) is 0 Å². The molecule has 2 saturated heterocycles. The number of amides is 2. The predicted octanol–water partition coefficient (Wildman–Crippen LogP) is -0.538. The summed E-state index contributed by atoms with van der Waals surface area (Å²) < 4.78 is 0. The summed E-state index contributed by atoms with van der Waals surface area (Å²) >= 11 is 0. The van der Waals surface area contributed by atoms with Gasteiger partial charge in [0.15, 0.2) is 0 Å². The number of hydrogen-bond donors (Lipinski definition) is 1. The Morgan fingerprint density at radius 1 is 1.00 bits per heavy atom.